The predicted molar refractivity (Wildman–Crippen MR) is 138 cm³/mol. The molecule has 0 aliphatic heterocycles. The number of hydrogen-bond donors (Lipinski definition) is 1. The van der Waals surface area contributed by atoms with Crippen LogP contribution < -0.4 is 10.1 Å². The highest BCUT2D eigenvalue weighted by Gasteiger charge is 2.28. The summed E-state index contributed by atoms with van der Waals surface area (Å²) in [5.41, 5.74) is 2.13. The Labute approximate surface area is 209 Å². The molecule has 1 atom stereocenters. The lowest BCUT2D eigenvalue weighted by molar-refractivity contribution is -0.139. The number of nitrogens with zero attached hydrogens (tertiary/aromatic N) is 1. The van der Waals surface area contributed by atoms with Crippen LogP contribution in [0.15, 0.2) is 53.0 Å². The smallest absolute Gasteiger partial charge is 0.242 e. The number of carbonyl (C=O) groups is 2. The SMILES string of the molecule is COc1ccc(CSCC(=O)N(Cc2cccc(Br)c2)[C@H](C)C(=O)NC2CCCCC2)cc1. The minimum absolute atomic E-state index is 0.0280. The second-order valence-corrected chi connectivity index (χ2v) is 10.4. The van der Waals surface area contributed by atoms with Crippen molar-refractivity contribution in [1.29, 1.82) is 0 Å². The molecule has 0 radical (unpaired) electrons. The third-order valence-corrected chi connectivity index (χ3v) is 7.50. The molecule has 178 valence electrons. The van der Waals surface area contributed by atoms with Gasteiger partial charge >= 0.3 is 0 Å². The normalized spacial score (nSPS) is 15.0. The lowest BCUT2D eigenvalue weighted by Crippen LogP contribution is -2.50. The zero-order chi connectivity index (χ0) is 23.6. The van der Waals surface area contributed by atoms with Gasteiger partial charge in [-0.25, -0.2) is 0 Å². The van der Waals surface area contributed by atoms with Gasteiger partial charge in [-0.05, 0) is 55.2 Å². The maximum absolute atomic E-state index is 13.3. The monoisotopic (exact) mass is 532 g/mol. The molecular formula is C26H33BrN2O3S. The van der Waals surface area contributed by atoms with Gasteiger partial charge in [-0.1, -0.05) is 59.5 Å². The molecule has 1 aliphatic carbocycles. The average molecular weight is 534 g/mol. The average Bonchev–Trinajstić information content (AvgIpc) is 2.83. The van der Waals surface area contributed by atoms with Crippen LogP contribution in [0.4, 0.5) is 0 Å². The number of thioether (sulfide) groups is 1. The Kier molecular flexibility index (Phi) is 10.1. The first kappa shape index (κ1) is 25.6. The standard InChI is InChI=1S/C26H33BrN2O3S/c1-19(26(31)28-23-9-4-3-5-10-23)29(16-21-7-6-8-22(27)15-21)25(30)18-33-17-20-11-13-24(32-2)14-12-20/h6-8,11-15,19,23H,3-5,9-10,16-18H2,1-2H3,(H,28,31)/t19-/m1/s1. The molecule has 1 N–H and O–H groups in total. The number of benzene rings is 2. The maximum Gasteiger partial charge on any atom is 0.242 e. The number of ether oxygens (including phenoxy) is 1. The molecule has 0 heterocycles. The van der Waals surface area contributed by atoms with E-state index in [1.54, 1.807) is 23.8 Å². The van der Waals surface area contributed by atoms with Crippen LogP contribution in [-0.2, 0) is 21.9 Å². The fourth-order valence-electron chi connectivity index (χ4n) is 4.04. The van der Waals surface area contributed by atoms with Gasteiger partial charge in [-0.2, -0.15) is 0 Å². The Hall–Kier alpha value is -1.99. The van der Waals surface area contributed by atoms with Crippen LogP contribution in [0.5, 0.6) is 5.75 Å². The van der Waals surface area contributed by atoms with Crippen LogP contribution in [0, 0.1) is 0 Å². The molecule has 3 rings (SSSR count). The van der Waals surface area contributed by atoms with Crippen molar-refractivity contribution >= 4 is 39.5 Å². The molecule has 5 nitrogen and oxygen atoms in total. The number of hydrogen-bond acceptors (Lipinski definition) is 4. The number of amides is 2. The second kappa shape index (κ2) is 13.0. The maximum atomic E-state index is 13.3. The fraction of sp³-hybridized carbons (Fsp3) is 0.462. The third kappa shape index (κ3) is 8.07. The fourth-order valence-corrected chi connectivity index (χ4v) is 5.36. The summed E-state index contributed by atoms with van der Waals surface area (Å²) in [6, 6.07) is 15.5. The number of halogens is 1. The van der Waals surface area contributed by atoms with Crippen LogP contribution >= 0.6 is 27.7 Å². The van der Waals surface area contributed by atoms with Gasteiger partial charge < -0.3 is 15.0 Å². The molecule has 0 saturated heterocycles. The Bertz CT molecular complexity index is 916. The molecule has 0 bridgehead atoms. The van der Waals surface area contributed by atoms with Crippen LogP contribution in [0.25, 0.3) is 0 Å². The van der Waals surface area contributed by atoms with E-state index in [9.17, 15) is 9.59 Å². The summed E-state index contributed by atoms with van der Waals surface area (Å²) in [6.07, 6.45) is 5.59. The van der Waals surface area contributed by atoms with E-state index in [-0.39, 0.29) is 17.9 Å². The van der Waals surface area contributed by atoms with Gasteiger partial charge in [0.15, 0.2) is 0 Å². The Balaban J connectivity index is 1.63. The summed E-state index contributed by atoms with van der Waals surface area (Å²) >= 11 is 5.06. The topological polar surface area (TPSA) is 58.6 Å². The van der Waals surface area contributed by atoms with E-state index in [0.29, 0.717) is 12.3 Å². The Morgan fingerprint density at radius 1 is 1.12 bits per heavy atom. The molecule has 1 fully saturated rings. The predicted octanol–water partition coefficient (Wildman–Crippen LogP) is 5.56. The van der Waals surface area contributed by atoms with E-state index in [1.807, 2.05) is 55.5 Å². The van der Waals surface area contributed by atoms with E-state index < -0.39 is 6.04 Å². The quantitative estimate of drug-likeness (QED) is 0.435. The van der Waals surface area contributed by atoms with E-state index in [0.717, 1.165) is 52.8 Å². The Morgan fingerprint density at radius 2 is 1.85 bits per heavy atom. The number of nitrogens with one attached hydrogen (secondary N) is 1. The Morgan fingerprint density at radius 3 is 2.52 bits per heavy atom. The summed E-state index contributed by atoms with van der Waals surface area (Å²) < 4.78 is 6.16. The van der Waals surface area contributed by atoms with Crippen molar-refractivity contribution in [3.05, 3.63) is 64.1 Å². The van der Waals surface area contributed by atoms with Gasteiger partial charge in [0.1, 0.15) is 11.8 Å². The highest BCUT2D eigenvalue weighted by molar-refractivity contribution is 9.10. The van der Waals surface area contributed by atoms with Gasteiger partial charge in [0.05, 0.1) is 12.9 Å². The number of carbonyl (C=O) groups excluding carboxylic acids is 2. The molecule has 0 aromatic heterocycles. The van der Waals surface area contributed by atoms with Gasteiger partial charge in [0.25, 0.3) is 0 Å². The van der Waals surface area contributed by atoms with Crippen LogP contribution in [0.1, 0.15) is 50.2 Å². The number of rotatable bonds is 10. The number of methoxy groups -OCH3 is 1. The van der Waals surface area contributed by atoms with Crippen molar-refractivity contribution in [3.8, 4) is 5.75 Å². The summed E-state index contributed by atoms with van der Waals surface area (Å²) in [4.78, 5) is 28.0. The highest BCUT2D eigenvalue weighted by atomic mass is 79.9. The van der Waals surface area contributed by atoms with Crippen LogP contribution in [0.2, 0.25) is 0 Å². The van der Waals surface area contributed by atoms with Crippen molar-refractivity contribution in [3.63, 3.8) is 0 Å². The van der Waals surface area contributed by atoms with Crippen molar-refractivity contribution in [2.45, 2.75) is 63.4 Å². The molecule has 0 spiro atoms. The zero-order valence-electron chi connectivity index (χ0n) is 19.4. The van der Waals surface area contributed by atoms with E-state index in [4.69, 9.17) is 4.74 Å². The van der Waals surface area contributed by atoms with Gasteiger partial charge in [0.2, 0.25) is 11.8 Å². The molecule has 1 aliphatic rings. The van der Waals surface area contributed by atoms with E-state index in [2.05, 4.69) is 21.2 Å². The molecule has 2 aromatic carbocycles. The molecule has 0 unspecified atom stereocenters. The van der Waals surface area contributed by atoms with Gasteiger partial charge in [0, 0.05) is 22.8 Å². The third-order valence-electron chi connectivity index (χ3n) is 6.01. The molecule has 2 aromatic rings. The van der Waals surface area contributed by atoms with Crippen LogP contribution in [-0.4, -0.2) is 41.7 Å². The summed E-state index contributed by atoms with van der Waals surface area (Å²) in [5, 5.41) is 3.18. The molecule has 33 heavy (non-hydrogen) atoms. The highest BCUT2D eigenvalue weighted by Crippen LogP contribution is 2.21. The lowest BCUT2D eigenvalue weighted by atomic mass is 9.95. The lowest BCUT2D eigenvalue weighted by Gasteiger charge is -2.31. The zero-order valence-corrected chi connectivity index (χ0v) is 21.8. The first-order valence-corrected chi connectivity index (χ1v) is 13.5. The largest absolute Gasteiger partial charge is 0.497 e. The van der Waals surface area contributed by atoms with E-state index >= 15 is 0 Å². The summed E-state index contributed by atoms with van der Waals surface area (Å²) in [5.74, 6) is 1.77. The minimum Gasteiger partial charge on any atom is -0.497 e. The molecular weight excluding hydrogens is 500 g/mol. The van der Waals surface area contributed by atoms with Crippen LogP contribution in [0.3, 0.4) is 0 Å². The summed E-state index contributed by atoms with van der Waals surface area (Å²) in [7, 11) is 1.65. The molecule has 2 amide bonds. The minimum atomic E-state index is -0.528. The summed E-state index contributed by atoms with van der Waals surface area (Å²) in [6.45, 7) is 2.24. The van der Waals surface area contributed by atoms with E-state index in [1.165, 1.54) is 6.42 Å². The molecule has 7 heteroatoms. The van der Waals surface area contributed by atoms with Gasteiger partial charge in [-0.15, -0.1) is 11.8 Å². The van der Waals surface area contributed by atoms with Crippen molar-refractivity contribution < 1.29 is 14.3 Å². The second-order valence-electron chi connectivity index (χ2n) is 8.51. The van der Waals surface area contributed by atoms with Crippen molar-refractivity contribution in [2.24, 2.45) is 0 Å². The first-order chi connectivity index (χ1) is 16.0. The first-order valence-electron chi connectivity index (χ1n) is 11.5. The molecule has 1 saturated carbocycles. The van der Waals surface area contributed by atoms with Gasteiger partial charge in [-0.3, -0.25) is 9.59 Å². The van der Waals surface area contributed by atoms with Crippen molar-refractivity contribution in [1.82, 2.24) is 10.2 Å². The van der Waals surface area contributed by atoms with Crippen molar-refractivity contribution in [2.75, 3.05) is 12.9 Å².